The molecule has 0 saturated carbocycles. The first-order chi connectivity index (χ1) is 11.3. The van der Waals surface area contributed by atoms with E-state index in [0.717, 1.165) is 6.07 Å². The summed E-state index contributed by atoms with van der Waals surface area (Å²) in [6, 6.07) is 2.29. The Morgan fingerprint density at radius 2 is 1.96 bits per heavy atom. The molecule has 0 aliphatic heterocycles. The molecule has 1 aromatic rings. The van der Waals surface area contributed by atoms with Crippen molar-refractivity contribution in [3.05, 3.63) is 47.6 Å². The van der Waals surface area contributed by atoms with E-state index in [0.29, 0.717) is 6.42 Å². The largest absolute Gasteiger partial charge is 0.508 e. The summed E-state index contributed by atoms with van der Waals surface area (Å²) in [5, 5.41) is 28.6. The van der Waals surface area contributed by atoms with E-state index in [1.54, 1.807) is 26.0 Å². The predicted molar refractivity (Wildman–Crippen MR) is 89.0 cm³/mol. The highest BCUT2D eigenvalue weighted by Gasteiger charge is 2.18. The molecule has 0 radical (unpaired) electrons. The maximum Gasteiger partial charge on any atom is 0.310 e. The maximum atomic E-state index is 12.3. The number of phenolic OH excluding ortho intramolecular Hbond substituents is 2. The van der Waals surface area contributed by atoms with Gasteiger partial charge in [-0.1, -0.05) is 18.2 Å². The lowest BCUT2D eigenvalue weighted by atomic mass is 9.99. The third-order valence-corrected chi connectivity index (χ3v) is 3.04. The number of aromatic hydroxyl groups is 2. The van der Waals surface area contributed by atoms with Gasteiger partial charge in [-0.2, -0.15) is 0 Å². The Bertz CT molecular complexity index is 643. The average Bonchev–Trinajstić information content (AvgIpc) is 2.45. The minimum atomic E-state index is -0.558. The van der Waals surface area contributed by atoms with Crippen LogP contribution < -0.4 is 0 Å². The molecule has 0 aliphatic carbocycles. The number of aliphatic hydroxyl groups excluding tert-OH is 1. The lowest BCUT2D eigenvalue weighted by Crippen LogP contribution is -2.11. The second-order valence-electron chi connectivity index (χ2n) is 5.22. The number of carbonyl (C=O) groups excluding carboxylic acids is 2. The zero-order valence-corrected chi connectivity index (χ0v) is 13.7. The lowest BCUT2D eigenvalue weighted by Gasteiger charge is -2.09. The second-order valence-corrected chi connectivity index (χ2v) is 5.22. The number of phenols is 2. The van der Waals surface area contributed by atoms with Crippen molar-refractivity contribution in [2.24, 2.45) is 0 Å². The normalized spacial score (nSPS) is 12.6. The van der Waals surface area contributed by atoms with Crippen LogP contribution in [-0.4, -0.2) is 39.8 Å². The van der Waals surface area contributed by atoms with Crippen molar-refractivity contribution in [1.82, 2.24) is 0 Å². The van der Waals surface area contributed by atoms with Crippen LogP contribution in [0.25, 0.3) is 0 Å². The van der Waals surface area contributed by atoms with E-state index in [4.69, 9.17) is 9.84 Å². The Balaban J connectivity index is 2.99. The summed E-state index contributed by atoms with van der Waals surface area (Å²) in [6.45, 7) is 3.50. The van der Waals surface area contributed by atoms with Gasteiger partial charge < -0.3 is 20.1 Å². The first kappa shape index (κ1) is 19.4. The Kier molecular flexibility index (Phi) is 7.71. The minimum absolute atomic E-state index is 0.0546. The Labute approximate surface area is 140 Å². The fourth-order valence-corrected chi connectivity index (χ4v) is 2.04. The molecule has 0 aliphatic rings. The lowest BCUT2D eigenvalue weighted by molar-refractivity contribution is -0.142. The van der Waals surface area contributed by atoms with Crippen LogP contribution in [-0.2, 0) is 16.0 Å². The molecular formula is C18H22O6. The number of hydrogen-bond donors (Lipinski definition) is 3. The number of ether oxygens (including phenoxy) is 1. The van der Waals surface area contributed by atoms with Gasteiger partial charge in [-0.05, 0) is 38.0 Å². The van der Waals surface area contributed by atoms with E-state index in [1.165, 1.54) is 18.2 Å². The fraction of sp³-hybridized carbons (Fsp3) is 0.333. The van der Waals surface area contributed by atoms with Crippen LogP contribution in [0.5, 0.6) is 11.5 Å². The van der Waals surface area contributed by atoms with Crippen molar-refractivity contribution < 1.29 is 29.6 Å². The molecule has 0 saturated heterocycles. The van der Waals surface area contributed by atoms with Crippen molar-refractivity contribution in [2.45, 2.75) is 32.8 Å². The molecule has 1 unspecified atom stereocenters. The summed E-state index contributed by atoms with van der Waals surface area (Å²) in [5.74, 6) is -1.72. The molecule has 0 spiro atoms. The van der Waals surface area contributed by atoms with E-state index in [-0.39, 0.29) is 29.9 Å². The van der Waals surface area contributed by atoms with Crippen molar-refractivity contribution in [2.75, 3.05) is 6.61 Å². The van der Waals surface area contributed by atoms with Crippen LogP contribution in [0.1, 0.15) is 36.2 Å². The van der Waals surface area contributed by atoms with Crippen molar-refractivity contribution in [3.8, 4) is 11.5 Å². The summed E-state index contributed by atoms with van der Waals surface area (Å²) in [4.78, 5) is 23.9. The van der Waals surface area contributed by atoms with Gasteiger partial charge in [0.2, 0.25) is 0 Å². The summed E-state index contributed by atoms with van der Waals surface area (Å²) in [7, 11) is 0. The first-order valence-corrected chi connectivity index (χ1v) is 7.61. The Morgan fingerprint density at radius 3 is 2.58 bits per heavy atom. The third kappa shape index (κ3) is 6.26. The molecule has 0 bridgehead atoms. The highest BCUT2D eigenvalue weighted by Crippen LogP contribution is 2.28. The van der Waals surface area contributed by atoms with Gasteiger partial charge in [0.15, 0.2) is 5.78 Å². The van der Waals surface area contributed by atoms with Gasteiger partial charge in [0.25, 0.3) is 0 Å². The molecule has 0 fully saturated rings. The average molecular weight is 334 g/mol. The minimum Gasteiger partial charge on any atom is -0.508 e. The number of benzene rings is 1. The molecule has 1 aromatic carbocycles. The van der Waals surface area contributed by atoms with Crippen LogP contribution >= 0.6 is 0 Å². The fourth-order valence-electron chi connectivity index (χ4n) is 2.04. The van der Waals surface area contributed by atoms with Crippen molar-refractivity contribution in [1.29, 1.82) is 0 Å². The van der Waals surface area contributed by atoms with Gasteiger partial charge in [-0.3, -0.25) is 9.59 Å². The number of allylic oxidation sites excluding steroid dienone is 3. The van der Waals surface area contributed by atoms with E-state index >= 15 is 0 Å². The van der Waals surface area contributed by atoms with Gasteiger partial charge in [-0.25, -0.2) is 0 Å². The number of rotatable bonds is 8. The molecule has 6 nitrogen and oxygen atoms in total. The van der Waals surface area contributed by atoms with Crippen LogP contribution in [0.4, 0.5) is 0 Å². The Morgan fingerprint density at radius 1 is 1.25 bits per heavy atom. The van der Waals surface area contributed by atoms with Gasteiger partial charge in [-0.15, -0.1) is 0 Å². The molecule has 130 valence electrons. The van der Waals surface area contributed by atoms with Crippen molar-refractivity contribution >= 4 is 11.8 Å². The molecular weight excluding hydrogens is 312 g/mol. The summed E-state index contributed by atoms with van der Waals surface area (Å²) < 4.78 is 4.83. The van der Waals surface area contributed by atoms with Crippen molar-refractivity contribution in [3.63, 3.8) is 0 Å². The molecule has 0 amide bonds. The van der Waals surface area contributed by atoms with Gasteiger partial charge in [0.1, 0.15) is 11.5 Å². The molecule has 0 aromatic heterocycles. The van der Waals surface area contributed by atoms with Gasteiger partial charge in [0, 0.05) is 6.07 Å². The van der Waals surface area contributed by atoms with E-state index in [9.17, 15) is 19.8 Å². The molecule has 6 heteroatoms. The van der Waals surface area contributed by atoms with Crippen LogP contribution in [0.15, 0.2) is 36.4 Å². The number of esters is 1. The number of hydrogen-bond acceptors (Lipinski definition) is 6. The quantitative estimate of drug-likeness (QED) is 0.292. The molecule has 24 heavy (non-hydrogen) atoms. The number of ketones is 1. The zero-order valence-electron chi connectivity index (χ0n) is 13.7. The monoisotopic (exact) mass is 334 g/mol. The van der Waals surface area contributed by atoms with Crippen LogP contribution in [0.2, 0.25) is 0 Å². The highest BCUT2D eigenvalue weighted by atomic mass is 16.5. The highest BCUT2D eigenvalue weighted by molar-refractivity contribution is 6.08. The van der Waals surface area contributed by atoms with Crippen LogP contribution in [0, 0.1) is 0 Å². The summed E-state index contributed by atoms with van der Waals surface area (Å²) in [5.41, 5.74) is 0.134. The smallest absolute Gasteiger partial charge is 0.310 e. The maximum absolute atomic E-state index is 12.3. The zero-order chi connectivity index (χ0) is 18.1. The topological polar surface area (TPSA) is 104 Å². The van der Waals surface area contributed by atoms with Gasteiger partial charge >= 0.3 is 5.97 Å². The molecule has 3 N–H and O–H groups in total. The SMILES string of the molecule is CCOC(=O)Cc1cc(O)cc(O)c1C(=O)C=CC=CCC(C)O. The van der Waals surface area contributed by atoms with E-state index in [2.05, 4.69) is 0 Å². The molecule has 1 atom stereocenters. The van der Waals surface area contributed by atoms with E-state index < -0.39 is 23.6 Å². The summed E-state index contributed by atoms with van der Waals surface area (Å²) >= 11 is 0. The molecule has 0 heterocycles. The predicted octanol–water partition coefficient (Wildman–Crippen LogP) is 2.27. The summed E-state index contributed by atoms with van der Waals surface area (Å²) in [6.07, 6.45) is 5.77. The standard InChI is InChI=1S/C18H22O6/c1-3-24-17(23)10-13-9-14(20)11-16(22)18(13)15(21)8-6-4-5-7-12(2)19/h4-6,8-9,11-12,19-20,22H,3,7,10H2,1-2H3. The van der Waals surface area contributed by atoms with E-state index in [1.807, 2.05) is 0 Å². The second kappa shape index (κ2) is 9.52. The molecule has 1 rings (SSSR count). The Hall–Kier alpha value is -2.60. The first-order valence-electron chi connectivity index (χ1n) is 7.61. The van der Waals surface area contributed by atoms with Crippen LogP contribution in [0.3, 0.4) is 0 Å². The number of carbonyl (C=O) groups is 2. The van der Waals surface area contributed by atoms with Gasteiger partial charge in [0.05, 0.1) is 24.7 Å². The third-order valence-electron chi connectivity index (χ3n) is 3.04. The number of aliphatic hydroxyl groups is 1.